The molecule has 0 bridgehead atoms. The van der Waals surface area contributed by atoms with Crippen molar-refractivity contribution in [2.24, 2.45) is 0 Å². The zero-order chi connectivity index (χ0) is 17.0. The fourth-order valence-electron chi connectivity index (χ4n) is 1.78. The Morgan fingerprint density at radius 3 is 2.26 bits per heavy atom. The summed E-state index contributed by atoms with van der Waals surface area (Å²) < 4.78 is 26.4. The summed E-state index contributed by atoms with van der Waals surface area (Å²) in [5.41, 5.74) is 1.03. The number of anilines is 1. The van der Waals surface area contributed by atoms with Crippen molar-refractivity contribution in [3.8, 4) is 0 Å². The Balaban J connectivity index is 1.93. The molecular weight excluding hydrogens is 336 g/mol. The molecule has 122 valence electrons. The molecule has 0 saturated carbocycles. The van der Waals surface area contributed by atoms with Crippen LogP contribution in [0, 0.1) is 6.92 Å². The predicted molar refractivity (Wildman–Crippen MR) is 89.3 cm³/mol. The number of nitrogens with one attached hydrogen (secondary N) is 2. The Kier molecular flexibility index (Phi) is 5.30. The summed E-state index contributed by atoms with van der Waals surface area (Å²) in [6, 6.07) is 9.57. The molecule has 2 rings (SSSR count). The lowest BCUT2D eigenvalue weighted by atomic mass is 10.1. The topological polar surface area (TPSA) is 92.3 Å². The number of amides is 1. The van der Waals surface area contributed by atoms with Gasteiger partial charge >= 0.3 is 0 Å². The van der Waals surface area contributed by atoms with E-state index in [1.807, 2.05) is 0 Å². The van der Waals surface area contributed by atoms with Gasteiger partial charge in [-0.2, -0.15) is 0 Å². The number of hydrogen-bond acceptors (Lipinski definition) is 5. The van der Waals surface area contributed by atoms with Gasteiger partial charge in [0.2, 0.25) is 5.91 Å². The van der Waals surface area contributed by atoms with Gasteiger partial charge in [-0.25, -0.2) is 13.1 Å². The maximum Gasteiger partial charge on any atom is 0.250 e. The molecule has 0 radical (unpaired) electrons. The van der Waals surface area contributed by atoms with Crippen LogP contribution >= 0.6 is 11.3 Å². The standard InChI is InChI=1S/C15H16N2O4S2/c1-10-3-8-15(22-10)23(20,21)16-9-14(19)17-13-6-4-12(5-7-13)11(2)18/h3-8,16H,9H2,1-2H3,(H,17,19). The third kappa shape index (κ3) is 4.72. The molecule has 1 amide bonds. The lowest BCUT2D eigenvalue weighted by Gasteiger charge is -2.07. The van der Waals surface area contributed by atoms with Crippen molar-refractivity contribution < 1.29 is 18.0 Å². The highest BCUT2D eigenvalue weighted by molar-refractivity contribution is 7.91. The molecule has 2 N–H and O–H groups in total. The Morgan fingerprint density at radius 1 is 1.09 bits per heavy atom. The minimum Gasteiger partial charge on any atom is -0.325 e. The minimum absolute atomic E-state index is 0.0677. The molecular formula is C15H16N2O4S2. The number of benzene rings is 1. The summed E-state index contributed by atoms with van der Waals surface area (Å²) in [7, 11) is -3.68. The van der Waals surface area contributed by atoms with Gasteiger partial charge in [-0.15, -0.1) is 11.3 Å². The van der Waals surface area contributed by atoms with Crippen LogP contribution in [0.2, 0.25) is 0 Å². The van der Waals surface area contributed by atoms with Gasteiger partial charge in [0.05, 0.1) is 6.54 Å². The first kappa shape index (κ1) is 17.3. The van der Waals surface area contributed by atoms with E-state index >= 15 is 0 Å². The van der Waals surface area contributed by atoms with E-state index in [0.29, 0.717) is 11.3 Å². The Labute approximate surface area is 138 Å². The van der Waals surface area contributed by atoms with Crippen molar-refractivity contribution in [1.82, 2.24) is 4.72 Å². The highest BCUT2D eigenvalue weighted by Crippen LogP contribution is 2.20. The quantitative estimate of drug-likeness (QED) is 0.779. The van der Waals surface area contributed by atoms with Gasteiger partial charge in [0.25, 0.3) is 10.0 Å². The van der Waals surface area contributed by atoms with E-state index in [9.17, 15) is 18.0 Å². The Morgan fingerprint density at radius 2 is 1.74 bits per heavy atom. The van der Waals surface area contributed by atoms with Crippen LogP contribution in [0.5, 0.6) is 0 Å². The second-order valence-electron chi connectivity index (χ2n) is 4.87. The van der Waals surface area contributed by atoms with Crippen LogP contribution in [-0.4, -0.2) is 26.7 Å². The summed E-state index contributed by atoms with van der Waals surface area (Å²) in [5, 5.41) is 2.56. The summed E-state index contributed by atoms with van der Waals surface area (Å²) in [6.07, 6.45) is 0. The molecule has 0 saturated heterocycles. The van der Waals surface area contributed by atoms with Crippen LogP contribution in [0.15, 0.2) is 40.6 Å². The molecule has 23 heavy (non-hydrogen) atoms. The summed E-state index contributed by atoms with van der Waals surface area (Å²) in [6.45, 7) is 2.89. The molecule has 0 aliphatic carbocycles. The van der Waals surface area contributed by atoms with Crippen LogP contribution in [-0.2, 0) is 14.8 Å². The van der Waals surface area contributed by atoms with Crippen molar-refractivity contribution in [2.75, 3.05) is 11.9 Å². The van der Waals surface area contributed by atoms with Crippen molar-refractivity contribution >= 4 is 38.7 Å². The highest BCUT2D eigenvalue weighted by Gasteiger charge is 2.17. The van der Waals surface area contributed by atoms with Crippen molar-refractivity contribution in [3.05, 3.63) is 46.8 Å². The molecule has 6 nitrogen and oxygen atoms in total. The maximum atomic E-state index is 12.0. The summed E-state index contributed by atoms with van der Waals surface area (Å²) >= 11 is 1.14. The summed E-state index contributed by atoms with van der Waals surface area (Å²) in [4.78, 5) is 23.9. The maximum absolute atomic E-state index is 12.0. The van der Waals surface area contributed by atoms with Gasteiger partial charge in [-0.3, -0.25) is 9.59 Å². The van der Waals surface area contributed by atoms with Crippen LogP contribution in [0.25, 0.3) is 0 Å². The number of aryl methyl sites for hydroxylation is 1. The van der Waals surface area contributed by atoms with Gasteiger partial charge in [-0.05, 0) is 50.2 Å². The number of carbonyl (C=O) groups excluding carboxylic acids is 2. The normalized spacial score (nSPS) is 11.2. The number of ketones is 1. The molecule has 0 unspecified atom stereocenters. The lowest BCUT2D eigenvalue weighted by molar-refractivity contribution is -0.115. The van der Waals surface area contributed by atoms with E-state index in [-0.39, 0.29) is 16.5 Å². The fourth-order valence-corrected chi connectivity index (χ4v) is 4.09. The van der Waals surface area contributed by atoms with E-state index in [1.165, 1.54) is 13.0 Å². The number of thiophene rings is 1. The molecule has 8 heteroatoms. The number of rotatable bonds is 6. The molecule has 0 fully saturated rings. The van der Waals surface area contributed by atoms with E-state index in [2.05, 4.69) is 10.0 Å². The predicted octanol–water partition coefficient (Wildman–Crippen LogP) is 2.18. The Bertz CT molecular complexity index is 823. The SMILES string of the molecule is CC(=O)c1ccc(NC(=O)CNS(=O)(=O)c2ccc(C)s2)cc1. The second kappa shape index (κ2) is 7.03. The van der Waals surface area contributed by atoms with Crippen LogP contribution in [0.4, 0.5) is 5.69 Å². The highest BCUT2D eigenvalue weighted by atomic mass is 32.2. The monoisotopic (exact) mass is 352 g/mol. The van der Waals surface area contributed by atoms with Crippen LogP contribution in [0.1, 0.15) is 22.2 Å². The molecule has 1 aromatic carbocycles. The third-order valence-corrected chi connectivity index (χ3v) is 5.87. The number of Topliss-reactive ketones (excluding diaryl/α,β-unsaturated/α-hetero) is 1. The molecule has 0 aliphatic heterocycles. The smallest absolute Gasteiger partial charge is 0.250 e. The number of carbonyl (C=O) groups is 2. The van der Waals surface area contributed by atoms with Gasteiger partial charge in [0.1, 0.15) is 4.21 Å². The molecule has 1 aromatic heterocycles. The van der Waals surface area contributed by atoms with Crippen molar-refractivity contribution in [1.29, 1.82) is 0 Å². The van der Waals surface area contributed by atoms with Crippen molar-refractivity contribution in [2.45, 2.75) is 18.1 Å². The van der Waals surface area contributed by atoms with Crippen LogP contribution in [0.3, 0.4) is 0 Å². The molecule has 1 heterocycles. The summed E-state index contributed by atoms with van der Waals surface area (Å²) in [5.74, 6) is -0.556. The first-order chi connectivity index (χ1) is 10.8. The first-order valence-electron chi connectivity index (χ1n) is 6.75. The van der Waals surface area contributed by atoms with Gasteiger partial charge in [-0.1, -0.05) is 0 Å². The van der Waals surface area contributed by atoms with E-state index in [4.69, 9.17) is 0 Å². The molecule has 0 aliphatic rings. The van der Waals surface area contributed by atoms with Crippen LogP contribution < -0.4 is 10.0 Å². The first-order valence-corrected chi connectivity index (χ1v) is 9.05. The largest absolute Gasteiger partial charge is 0.325 e. The number of hydrogen-bond donors (Lipinski definition) is 2. The van der Waals surface area contributed by atoms with E-state index in [0.717, 1.165) is 16.2 Å². The third-order valence-electron chi connectivity index (χ3n) is 2.98. The van der Waals surface area contributed by atoms with E-state index < -0.39 is 15.9 Å². The number of sulfonamides is 1. The van der Waals surface area contributed by atoms with Gasteiger partial charge in [0.15, 0.2) is 5.78 Å². The van der Waals surface area contributed by atoms with Crippen molar-refractivity contribution in [3.63, 3.8) is 0 Å². The molecule has 0 spiro atoms. The Hall–Kier alpha value is -2.03. The zero-order valence-corrected chi connectivity index (χ0v) is 14.3. The van der Waals surface area contributed by atoms with E-state index in [1.54, 1.807) is 37.3 Å². The van der Waals surface area contributed by atoms with Gasteiger partial charge < -0.3 is 5.32 Å². The zero-order valence-electron chi connectivity index (χ0n) is 12.6. The van der Waals surface area contributed by atoms with Gasteiger partial charge in [0, 0.05) is 16.1 Å². The minimum atomic E-state index is -3.68. The average Bonchev–Trinajstić information content (AvgIpc) is 2.93. The molecule has 0 atom stereocenters. The fraction of sp³-hybridized carbons (Fsp3) is 0.200. The second-order valence-corrected chi connectivity index (χ2v) is 8.15. The molecule has 2 aromatic rings. The lowest BCUT2D eigenvalue weighted by Crippen LogP contribution is -2.32. The average molecular weight is 352 g/mol.